The van der Waals surface area contributed by atoms with Crippen LogP contribution in [0.1, 0.15) is 21.6 Å². The summed E-state index contributed by atoms with van der Waals surface area (Å²) in [5.41, 5.74) is 3.79. The molecule has 4 rings (SSSR count). The maximum absolute atomic E-state index is 12.5. The van der Waals surface area contributed by atoms with Gasteiger partial charge in [0.1, 0.15) is 0 Å². The van der Waals surface area contributed by atoms with Crippen LogP contribution in [0.15, 0.2) is 53.9 Å². The summed E-state index contributed by atoms with van der Waals surface area (Å²) < 4.78 is 12.8. The molecular weight excluding hydrogens is 426 g/mol. The third-order valence-electron chi connectivity index (χ3n) is 5.23. The van der Waals surface area contributed by atoms with E-state index in [0.29, 0.717) is 39.4 Å². The zero-order valence-electron chi connectivity index (χ0n) is 18.2. The fraction of sp³-hybridized carbons (Fsp3) is 0.208. The number of ether oxygens (including phenoxy) is 2. The molecule has 0 saturated heterocycles. The normalized spacial score (nSPS) is 11.0. The van der Waals surface area contributed by atoms with E-state index in [1.165, 1.54) is 11.8 Å². The lowest BCUT2D eigenvalue weighted by atomic mass is 9.93. The van der Waals surface area contributed by atoms with Crippen molar-refractivity contribution in [3.63, 3.8) is 0 Å². The minimum Gasteiger partial charge on any atom is -0.493 e. The summed E-state index contributed by atoms with van der Waals surface area (Å²) in [4.78, 5) is 21.6. The highest BCUT2D eigenvalue weighted by molar-refractivity contribution is 7.98. The zero-order valence-corrected chi connectivity index (χ0v) is 19.1. The lowest BCUT2D eigenvalue weighted by molar-refractivity contribution is 0.0696. The fourth-order valence-corrected chi connectivity index (χ4v) is 4.49. The van der Waals surface area contributed by atoms with E-state index in [2.05, 4.69) is 4.98 Å². The number of carbonyl (C=O) groups is 1. The van der Waals surface area contributed by atoms with Crippen LogP contribution in [-0.2, 0) is 12.8 Å². The molecule has 0 aliphatic rings. The van der Waals surface area contributed by atoms with Crippen molar-refractivity contribution in [3.8, 4) is 22.6 Å². The van der Waals surface area contributed by atoms with Crippen LogP contribution in [0.4, 0.5) is 0 Å². The van der Waals surface area contributed by atoms with Gasteiger partial charge in [-0.25, -0.2) is 9.78 Å². The molecule has 0 aliphatic carbocycles. The van der Waals surface area contributed by atoms with Gasteiger partial charge in [-0.15, -0.1) is 0 Å². The smallest absolute Gasteiger partial charge is 0.338 e. The van der Waals surface area contributed by atoms with Crippen molar-refractivity contribution in [3.05, 3.63) is 65.6 Å². The summed E-state index contributed by atoms with van der Waals surface area (Å²) in [7, 11) is 5.02. The van der Waals surface area contributed by atoms with Crippen molar-refractivity contribution in [2.75, 3.05) is 14.2 Å². The van der Waals surface area contributed by atoms with Gasteiger partial charge in [-0.05, 0) is 18.6 Å². The Bertz CT molecular complexity index is 1300. The van der Waals surface area contributed by atoms with Crippen LogP contribution in [-0.4, -0.2) is 39.8 Å². The Labute approximate surface area is 190 Å². The summed E-state index contributed by atoms with van der Waals surface area (Å²) in [6, 6.07) is 11.4. The Morgan fingerprint density at radius 1 is 1.12 bits per heavy atom. The largest absolute Gasteiger partial charge is 0.493 e. The van der Waals surface area contributed by atoms with E-state index in [0.717, 1.165) is 16.3 Å². The highest BCUT2D eigenvalue weighted by atomic mass is 32.2. The van der Waals surface area contributed by atoms with Gasteiger partial charge in [0.25, 0.3) is 0 Å². The number of carboxylic acids is 1. The number of hydrogen-bond donors (Lipinski definition) is 1. The molecule has 8 heteroatoms. The van der Waals surface area contributed by atoms with Crippen LogP contribution in [0.25, 0.3) is 22.0 Å². The molecule has 0 radical (unpaired) electrons. The minimum absolute atomic E-state index is 0.176. The van der Waals surface area contributed by atoms with Gasteiger partial charge in [-0.2, -0.15) is 0 Å². The topological polar surface area (TPSA) is 86.5 Å². The SMILES string of the molecule is COc1cc2nc(CSc3nccn3C)c(C(=O)O)c(-c3ccc(C)cc3)c2cc1OC. The molecule has 4 aromatic rings. The van der Waals surface area contributed by atoms with Gasteiger partial charge in [-0.3, -0.25) is 4.98 Å². The minimum atomic E-state index is -1.03. The monoisotopic (exact) mass is 449 g/mol. The van der Waals surface area contributed by atoms with Gasteiger partial charge in [-0.1, -0.05) is 41.6 Å². The highest BCUT2D eigenvalue weighted by Gasteiger charge is 2.24. The number of carboxylic acid groups (broad SMARTS) is 1. The van der Waals surface area contributed by atoms with E-state index >= 15 is 0 Å². The van der Waals surface area contributed by atoms with Crippen LogP contribution < -0.4 is 9.47 Å². The van der Waals surface area contributed by atoms with Gasteiger partial charge in [0.15, 0.2) is 16.7 Å². The number of pyridine rings is 1. The number of aryl methyl sites for hydroxylation is 2. The fourth-order valence-electron chi connectivity index (χ4n) is 3.62. The van der Waals surface area contributed by atoms with Crippen molar-refractivity contribution < 1.29 is 19.4 Å². The van der Waals surface area contributed by atoms with Gasteiger partial charge >= 0.3 is 5.97 Å². The Morgan fingerprint density at radius 3 is 2.41 bits per heavy atom. The Hall–Kier alpha value is -3.52. The second-order valence-corrected chi connectivity index (χ2v) is 8.26. The summed E-state index contributed by atoms with van der Waals surface area (Å²) in [5, 5.41) is 11.7. The lowest BCUT2D eigenvalue weighted by Gasteiger charge is -2.17. The molecule has 2 aromatic carbocycles. The third kappa shape index (κ3) is 4.01. The van der Waals surface area contributed by atoms with Crippen LogP contribution >= 0.6 is 11.8 Å². The van der Waals surface area contributed by atoms with E-state index in [1.807, 2.05) is 49.0 Å². The molecule has 164 valence electrons. The molecule has 2 heterocycles. The quantitative estimate of drug-likeness (QED) is 0.399. The summed E-state index contributed by atoms with van der Waals surface area (Å²) in [6.07, 6.45) is 3.56. The second kappa shape index (κ2) is 8.92. The van der Waals surface area contributed by atoms with Crippen LogP contribution in [0.5, 0.6) is 11.5 Å². The van der Waals surface area contributed by atoms with Gasteiger partial charge in [0, 0.05) is 42.2 Å². The van der Waals surface area contributed by atoms with E-state index in [-0.39, 0.29) is 5.56 Å². The number of benzene rings is 2. The molecule has 2 aromatic heterocycles. The molecule has 0 saturated carbocycles. The summed E-state index contributed by atoms with van der Waals surface area (Å²) in [5.74, 6) is 0.380. The van der Waals surface area contributed by atoms with Crippen LogP contribution in [0, 0.1) is 6.92 Å². The van der Waals surface area contributed by atoms with Gasteiger partial charge in [0.05, 0.1) is 31.0 Å². The number of thioether (sulfide) groups is 1. The van der Waals surface area contributed by atoms with Crippen LogP contribution in [0.3, 0.4) is 0 Å². The van der Waals surface area contributed by atoms with Crippen LogP contribution in [0.2, 0.25) is 0 Å². The summed E-state index contributed by atoms with van der Waals surface area (Å²) in [6.45, 7) is 2.00. The number of rotatable bonds is 7. The van der Waals surface area contributed by atoms with Crippen molar-refractivity contribution >= 4 is 28.6 Å². The van der Waals surface area contributed by atoms with Gasteiger partial charge in [0.2, 0.25) is 0 Å². The number of aromatic carboxylic acids is 1. The molecule has 7 nitrogen and oxygen atoms in total. The average Bonchev–Trinajstić information content (AvgIpc) is 3.20. The lowest BCUT2D eigenvalue weighted by Crippen LogP contribution is -2.09. The molecule has 0 aliphatic heterocycles. The molecule has 0 bridgehead atoms. The van der Waals surface area contributed by atoms with E-state index < -0.39 is 5.97 Å². The summed E-state index contributed by atoms with van der Waals surface area (Å²) >= 11 is 1.44. The third-order valence-corrected chi connectivity index (χ3v) is 6.30. The van der Waals surface area contributed by atoms with Crippen molar-refractivity contribution in [2.24, 2.45) is 7.05 Å². The first kappa shape index (κ1) is 21.7. The number of hydrogen-bond acceptors (Lipinski definition) is 6. The van der Waals surface area contributed by atoms with E-state index in [9.17, 15) is 9.90 Å². The molecule has 0 spiro atoms. The predicted octanol–water partition coefficient (Wildman–Crippen LogP) is 4.95. The first-order valence-corrected chi connectivity index (χ1v) is 10.9. The molecule has 0 atom stereocenters. The van der Waals surface area contributed by atoms with E-state index in [4.69, 9.17) is 14.5 Å². The van der Waals surface area contributed by atoms with Crippen molar-refractivity contribution in [2.45, 2.75) is 17.8 Å². The molecule has 0 amide bonds. The highest BCUT2D eigenvalue weighted by Crippen LogP contribution is 2.40. The second-order valence-electron chi connectivity index (χ2n) is 7.31. The molecule has 0 fully saturated rings. The zero-order chi connectivity index (χ0) is 22.8. The van der Waals surface area contributed by atoms with E-state index in [1.54, 1.807) is 32.5 Å². The molecule has 0 unspecified atom stereocenters. The first-order valence-electron chi connectivity index (χ1n) is 9.92. The number of methoxy groups -OCH3 is 2. The molecule has 32 heavy (non-hydrogen) atoms. The Morgan fingerprint density at radius 2 is 1.81 bits per heavy atom. The number of aromatic nitrogens is 3. The predicted molar refractivity (Wildman–Crippen MR) is 125 cm³/mol. The standard InChI is InChI=1S/C24H23N3O4S/c1-14-5-7-15(8-6-14)21-16-11-19(30-3)20(31-4)12-17(16)26-18(22(21)23(28)29)13-32-24-25-9-10-27(24)2/h5-12H,13H2,1-4H3,(H,28,29). The van der Waals surface area contributed by atoms with Crippen molar-refractivity contribution in [1.29, 1.82) is 0 Å². The Kier molecular flexibility index (Phi) is 6.05. The van der Waals surface area contributed by atoms with Gasteiger partial charge < -0.3 is 19.1 Å². The maximum Gasteiger partial charge on any atom is 0.338 e. The maximum atomic E-state index is 12.5. The number of fused-ring (bicyclic) bond motifs is 1. The Balaban J connectivity index is 1.99. The average molecular weight is 450 g/mol. The number of nitrogens with zero attached hydrogens (tertiary/aromatic N) is 3. The first-order chi connectivity index (χ1) is 15.4. The van der Waals surface area contributed by atoms with Crippen molar-refractivity contribution in [1.82, 2.24) is 14.5 Å². The number of imidazole rings is 1. The molecule has 1 N–H and O–H groups in total. The molecular formula is C24H23N3O4S.